The van der Waals surface area contributed by atoms with Crippen molar-refractivity contribution >= 4 is 11.6 Å². The zero-order chi connectivity index (χ0) is 13.0. The van der Waals surface area contributed by atoms with Crippen LogP contribution in [-0.4, -0.2) is 37.2 Å². The van der Waals surface area contributed by atoms with E-state index in [0.29, 0.717) is 5.69 Å². The van der Waals surface area contributed by atoms with Crippen LogP contribution in [0.1, 0.15) is 29.8 Å². The van der Waals surface area contributed by atoms with Crippen LogP contribution >= 0.6 is 0 Å². The van der Waals surface area contributed by atoms with E-state index in [1.165, 1.54) is 0 Å². The van der Waals surface area contributed by atoms with E-state index in [1.54, 1.807) is 19.4 Å². The van der Waals surface area contributed by atoms with Gasteiger partial charge in [0, 0.05) is 20.2 Å². The molecule has 1 aromatic rings. The molecule has 5 heteroatoms. The number of pyridine rings is 1. The van der Waals surface area contributed by atoms with E-state index in [4.69, 9.17) is 4.74 Å². The molecule has 98 valence electrons. The monoisotopic (exact) mass is 249 g/mol. The van der Waals surface area contributed by atoms with Crippen molar-refractivity contribution in [1.82, 2.24) is 10.3 Å². The third kappa shape index (κ3) is 2.98. The van der Waals surface area contributed by atoms with E-state index in [1.807, 2.05) is 13.1 Å². The number of methoxy groups -OCH3 is 1. The highest BCUT2D eigenvalue weighted by Gasteiger charge is 2.26. The number of carbonyl (C=O) groups excluding carboxylic acids is 1. The molecule has 2 rings (SSSR count). The van der Waals surface area contributed by atoms with E-state index >= 15 is 0 Å². The maximum Gasteiger partial charge on any atom is 0.270 e. The summed E-state index contributed by atoms with van der Waals surface area (Å²) in [6.45, 7) is 0. The standard InChI is InChI=1S/C13H19N3O2/c1-14-10-4-6-12(15-8-10)13(17)16-9-3-5-11(7-9)18-2/h4,6,8-9,11,14H,3,5,7H2,1-2H3,(H,16,17). The number of hydrogen-bond acceptors (Lipinski definition) is 4. The maximum absolute atomic E-state index is 12.0. The zero-order valence-corrected chi connectivity index (χ0v) is 10.8. The first-order valence-electron chi connectivity index (χ1n) is 6.20. The van der Waals surface area contributed by atoms with Crippen LogP contribution in [0.15, 0.2) is 18.3 Å². The highest BCUT2D eigenvalue weighted by molar-refractivity contribution is 5.92. The molecule has 2 atom stereocenters. The second kappa shape index (κ2) is 5.82. The van der Waals surface area contributed by atoms with Gasteiger partial charge in [-0.25, -0.2) is 4.98 Å². The van der Waals surface area contributed by atoms with Crippen LogP contribution in [0.4, 0.5) is 5.69 Å². The lowest BCUT2D eigenvalue weighted by molar-refractivity contribution is 0.0910. The Bertz CT molecular complexity index is 405. The Morgan fingerprint density at radius 2 is 2.28 bits per heavy atom. The normalized spacial score (nSPS) is 22.8. The van der Waals surface area contributed by atoms with Crippen molar-refractivity contribution in [2.24, 2.45) is 0 Å². The Hall–Kier alpha value is -1.62. The van der Waals surface area contributed by atoms with Gasteiger partial charge in [-0.2, -0.15) is 0 Å². The Labute approximate surface area is 107 Å². The minimum Gasteiger partial charge on any atom is -0.387 e. The van der Waals surface area contributed by atoms with Gasteiger partial charge in [-0.05, 0) is 31.4 Å². The van der Waals surface area contributed by atoms with Gasteiger partial charge in [-0.1, -0.05) is 0 Å². The van der Waals surface area contributed by atoms with E-state index in [9.17, 15) is 4.79 Å². The minimum absolute atomic E-state index is 0.112. The molecule has 1 saturated carbocycles. The molecule has 18 heavy (non-hydrogen) atoms. The third-order valence-electron chi connectivity index (χ3n) is 3.34. The summed E-state index contributed by atoms with van der Waals surface area (Å²) in [6, 6.07) is 3.77. The Morgan fingerprint density at radius 1 is 1.44 bits per heavy atom. The number of nitrogens with zero attached hydrogens (tertiary/aromatic N) is 1. The molecule has 0 aliphatic heterocycles. The van der Waals surface area contributed by atoms with E-state index in [-0.39, 0.29) is 18.1 Å². The van der Waals surface area contributed by atoms with E-state index < -0.39 is 0 Å². The summed E-state index contributed by atoms with van der Waals surface area (Å²) < 4.78 is 5.28. The second-order valence-electron chi connectivity index (χ2n) is 4.52. The molecular formula is C13H19N3O2. The molecular weight excluding hydrogens is 230 g/mol. The van der Waals surface area contributed by atoms with Crippen LogP contribution in [-0.2, 0) is 4.74 Å². The lowest BCUT2D eigenvalue weighted by Crippen LogP contribution is -2.33. The molecule has 0 bridgehead atoms. The maximum atomic E-state index is 12.0. The number of carbonyl (C=O) groups is 1. The van der Waals surface area contributed by atoms with Crippen LogP contribution in [0.5, 0.6) is 0 Å². The molecule has 2 unspecified atom stereocenters. The first-order valence-corrected chi connectivity index (χ1v) is 6.20. The van der Waals surface area contributed by atoms with Crippen molar-refractivity contribution < 1.29 is 9.53 Å². The van der Waals surface area contributed by atoms with Crippen LogP contribution < -0.4 is 10.6 Å². The smallest absolute Gasteiger partial charge is 0.270 e. The fourth-order valence-electron chi connectivity index (χ4n) is 2.22. The highest BCUT2D eigenvalue weighted by atomic mass is 16.5. The summed E-state index contributed by atoms with van der Waals surface area (Å²) >= 11 is 0. The predicted octanol–water partition coefficient (Wildman–Crippen LogP) is 1.42. The summed E-state index contributed by atoms with van der Waals surface area (Å²) in [5.74, 6) is -0.112. The van der Waals surface area contributed by atoms with Crippen molar-refractivity contribution in [1.29, 1.82) is 0 Å². The average molecular weight is 249 g/mol. The van der Waals surface area contributed by atoms with Gasteiger partial charge in [0.15, 0.2) is 0 Å². The molecule has 1 amide bonds. The average Bonchev–Trinajstić information content (AvgIpc) is 2.86. The zero-order valence-electron chi connectivity index (χ0n) is 10.8. The molecule has 0 radical (unpaired) electrons. The number of rotatable bonds is 4. The number of ether oxygens (including phenoxy) is 1. The topological polar surface area (TPSA) is 63.2 Å². The first kappa shape index (κ1) is 12.8. The van der Waals surface area contributed by atoms with Gasteiger partial charge in [0.25, 0.3) is 5.91 Å². The molecule has 0 aromatic carbocycles. The summed E-state index contributed by atoms with van der Waals surface area (Å²) in [5, 5.41) is 5.96. The van der Waals surface area contributed by atoms with Crippen molar-refractivity contribution in [2.75, 3.05) is 19.5 Å². The van der Waals surface area contributed by atoms with Gasteiger partial charge in [0.2, 0.25) is 0 Å². The number of hydrogen-bond donors (Lipinski definition) is 2. The molecule has 2 N–H and O–H groups in total. The van der Waals surface area contributed by atoms with Gasteiger partial charge in [-0.15, -0.1) is 0 Å². The van der Waals surface area contributed by atoms with Gasteiger partial charge in [0.1, 0.15) is 5.69 Å². The third-order valence-corrected chi connectivity index (χ3v) is 3.34. The van der Waals surface area contributed by atoms with Crippen molar-refractivity contribution in [3.63, 3.8) is 0 Å². The SMILES string of the molecule is CNc1ccc(C(=O)NC2CCC(OC)C2)nc1. The molecule has 5 nitrogen and oxygen atoms in total. The largest absolute Gasteiger partial charge is 0.387 e. The Kier molecular flexibility index (Phi) is 4.15. The summed E-state index contributed by atoms with van der Waals surface area (Å²) in [6.07, 6.45) is 4.79. The Morgan fingerprint density at radius 3 is 2.83 bits per heavy atom. The van der Waals surface area contributed by atoms with Crippen LogP contribution in [0, 0.1) is 0 Å². The van der Waals surface area contributed by atoms with E-state index in [0.717, 1.165) is 24.9 Å². The molecule has 0 spiro atoms. The molecule has 1 heterocycles. The summed E-state index contributed by atoms with van der Waals surface area (Å²) in [5.41, 5.74) is 1.35. The number of anilines is 1. The molecule has 1 aromatic heterocycles. The second-order valence-corrected chi connectivity index (χ2v) is 4.52. The van der Waals surface area contributed by atoms with Gasteiger partial charge < -0.3 is 15.4 Å². The molecule has 0 saturated heterocycles. The number of nitrogens with one attached hydrogen (secondary N) is 2. The minimum atomic E-state index is -0.112. The van der Waals surface area contributed by atoms with Crippen LogP contribution in [0.2, 0.25) is 0 Å². The summed E-state index contributed by atoms with van der Waals surface area (Å²) in [7, 11) is 3.53. The molecule has 1 aliphatic rings. The van der Waals surface area contributed by atoms with E-state index in [2.05, 4.69) is 15.6 Å². The quantitative estimate of drug-likeness (QED) is 0.847. The fraction of sp³-hybridized carbons (Fsp3) is 0.538. The predicted molar refractivity (Wildman–Crippen MR) is 69.7 cm³/mol. The molecule has 1 fully saturated rings. The van der Waals surface area contributed by atoms with Crippen molar-refractivity contribution in [3.8, 4) is 0 Å². The van der Waals surface area contributed by atoms with Crippen LogP contribution in [0.3, 0.4) is 0 Å². The highest BCUT2D eigenvalue weighted by Crippen LogP contribution is 2.21. The fourth-order valence-corrected chi connectivity index (χ4v) is 2.22. The lowest BCUT2D eigenvalue weighted by Gasteiger charge is -2.12. The first-order chi connectivity index (χ1) is 8.72. The van der Waals surface area contributed by atoms with Gasteiger partial charge >= 0.3 is 0 Å². The van der Waals surface area contributed by atoms with Crippen LogP contribution in [0.25, 0.3) is 0 Å². The Balaban J connectivity index is 1.91. The molecule has 1 aliphatic carbocycles. The van der Waals surface area contributed by atoms with Crippen molar-refractivity contribution in [2.45, 2.75) is 31.4 Å². The number of aromatic nitrogens is 1. The number of amides is 1. The lowest BCUT2D eigenvalue weighted by atomic mass is 10.2. The summed E-state index contributed by atoms with van der Waals surface area (Å²) in [4.78, 5) is 16.1. The van der Waals surface area contributed by atoms with Gasteiger partial charge in [-0.3, -0.25) is 4.79 Å². The van der Waals surface area contributed by atoms with Gasteiger partial charge in [0.05, 0.1) is 18.0 Å². The van der Waals surface area contributed by atoms with Crippen molar-refractivity contribution in [3.05, 3.63) is 24.0 Å².